The number of aromatic nitrogens is 3. The Bertz CT molecular complexity index is 701. The van der Waals surface area contributed by atoms with Crippen molar-refractivity contribution in [2.24, 2.45) is 18.7 Å². The van der Waals surface area contributed by atoms with Crippen LogP contribution in [0.3, 0.4) is 0 Å². The third-order valence-electron chi connectivity index (χ3n) is 3.68. The van der Waals surface area contributed by atoms with Gasteiger partial charge in [-0.15, -0.1) is 36.2 Å². The molecule has 0 bridgehead atoms. The molecule has 0 aliphatic carbocycles. The van der Waals surface area contributed by atoms with Gasteiger partial charge in [-0.1, -0.05) is 13.8 Å². The van der Waals surface area contributed by atoms with Gasteiger partial charge in [-0.3, -0.25) is 9.48 Å². The summed E-state index contributed by atoms with van der Waals surface area (Å²) >= 11 is 1.39. The van der Waals surface area contributed by atoms with E-state index in [0.717, 1.165) is 22.7 Å². The summed E-state index contributed by atoms with van der Waals surface area (Å²) in [6, 6.07) is 0. The Morgan fingerprint density at radius 2 is 2.08 bits per heavy atom. The molecule has 25 heavy (non-hydrogen) atoms. The number of amides is 1. The van der Waals surface area contributed by atoms with Gasteiger partial charge in [0, 0.05) is 25.4 Å². The average molecular weight is 408 g/mol. The number of nitrogens with one attached hydrogen (secondary N) is 1. The predicted octanol–water partition coefficient (Wildman–Crippen LogP) is 3.19. The molecule has 2 aromatic heterocycles. The molecule has 0 aliphatic rings. The smallest absolute Gasteiger partial charge is 0.263 e. The van der Waals surface area contributed by atoms with Crippen molar-refractivity contribution in [1.82, 2.24) is 20.1 Å². The van der Waals surface area contributed by atoms with Crippen molar-refractivity contribution in [1.29, 1.82) is 0 Å². The average Bonchev–Trinajstić information content (AvgIpc) is 3.03. The van der Waals surface area contributed by atoms with Crippen LogP contribution in [0.2, 0.25) is 0 Å². The van der Waals surface area contributed by atoms with Gasteiger partial charge < -0.3 is 11.1 Å². The Labute approximate surface area is 165 Å². The fourth-order valence-electron chi connectivity index (χ4n) is 2.68. The molecule has 6 nitrogen and oxygen atoms in total. The van der Waals surface area contributed by atoms with E-state index in [9.17, 15) is 4.79 Å². The van der Waals surface area contributed by atoms with Crippen molar-refractivity contribution < 1.29 is 4.79 Å². The predicted molar refractivity (Wildman–Crippen MR) is 108 cm³/mol. The third kappa shape index (κ3) is 5.95. The summed E-state index contributed by atoms with van der Waals surface area (Å²) < 4.78 is 1.72. The fraction of sp³-hybridized carbons (Fsp3) is 0.562. The monoisotopic (exact) mass is 407 g/mol. The number of nitrogens with zero attached hydrogens (tertiary/aromatic N) is 3. The van der Waals surface area contributed by atoms with Crippen LogP contribution in [0.15, 0.2) is 12.4 Å². The minimum atomic E-state index is -0.407. The highest BCUT2D eigenvalue weighted by Crippen LogP contribution is 2.28. The summed E-state index contributed by atoms with van der Waals surface area (Å²) in [6.07, 6.45) is 4.48. The summed E-state index contributed by atoms with van der Waals surface area (Å²) in [5.74, 6) is 0.348. The largest absolute Gasteiger partial charge is 0.345 e. The van der Waals surface area contributed by atoms with E-state index in [1.807, 2.05) is 27.1 Å². The van der Waals surface area contributed by atoms with E-state index in [1.54, 1.807) is 10.9 Å². The van der Waals surface area contributed by atoms with Crippen molar-refractivity contribution in [2.45, 2.75) is 39.7 Å². The fourth-order valence-corrected chi connectivity index (χ4v) is 3.62. The number of nitrogens with two attached hydrogens (primary N) is 1. The molecular weight excluding hydrogens is 381 g/mol. The van der Waals surface area contributed by atoms with Gasteiger partial charge in [0.2, 0.25) is 0 Å². The first-order valence-electron chi connectivity index (χ1n) is 7.73. The van der Waals surface area contributed by atoms with E-state index < -0.39 is 5.54 Å². The first-order chi connectivity index (χ1) is 10.7. The molecule has 0 saturated heterocycles. The Balaban J connectivity index is 0.00000288. The molecule has 0 spiro atoms. The van der Waals surface area contributed by atoms with Crippen molar-refractivity contribution in [3.8, 4) is 10.6 Å². The van der Waals surface area contributed by atoms with Crippen molar-refractivity contribution >= 4 is 42.1 Å². The molecule has 0 saturated carbocycles. The highest BCUT2D eigenvalue weighted by atomic mass is 35.5. The number of carbonyl (C=O) groups is 1. The minimum absolute atomic E-state index is 0. The van der Waals surface area contributed by atoms with Crippen LogP contribution in [-0.2, 0) is 7.05 Å². The number of halogens is 2. The van der Waals surface area contributed by atoms with Gasteiger partial charge in [-0.05, 0) is 26.2 Å². The van der Waals surface area contributed by atoms with E-state index >= 15 is 0 Å². The van der Waals surface area contributed by atoms with Gasteiger partial charge >= 0.3 is 0 Å². The molecule has 0 fully saturated rings. The molecule has 1 unspecified atom stereocenters. The number of aryl methyl sites for hydroxylation is 2. The summed E-state index contributed by atoms with van der Waals surface area (Å²) in [5, 5.41) is 8.04. The number of carbonyl (C=O) groups excluding carboxylic acids is 1. The molecule has 3 N–H and O–H groups in total. The first-order valence-corrected chi connectivity index (χ1v) is 8.55. The molecule has 1 amide bonds. The Morgan fingerprint density at radius 3 is 2.56 bits per heavy atom. The summed E-state index contributed by atoms with van der Waals surface area (Å²) in [7, 11) is 1.86. The van der Waals surface area contributed by atoms with Crippen LogP contribution < -0.4 is 11.1 Å². The number of thiazole rings is 1. The van der Waals surface area contributed by atoms with E-state index in [4.69, 9.17) is 5.73 Å². The maximum absolute atomic E-state index is 12.7. The molecule has 0 aromatic carbocycles. The van der Waals surface area contributed by atoms with Crippen LogP contribution in [0, 0.1) is 12.8 Å². The number of hydrogen-bond acceptors (Lipinski definition) is 5. The van der Waals surface area contributed by atoms with Crippen molar-refractivity contribution in [3.05, 3.63) is 23.0 Å². The summed E-state index contributed by atoms with van der Waals surface area (Å²) in [6.45, 7) is 8.50. The second kappa shape index (κ2) is 9.52. The molecule has 1 atom stereocenters. The molecule has 2 heterocycles. The molecule has 2 rings (SSSR count). The highest BCUT2D eigenvalue weighted by Gasteiger charge is 2.28. The summed E-state index contributed by atoms with van der Waals surface area (Å²) in [5.41, 5.74) is 7.13. The Morgan fingerprint density at radius 1 is 1.44 bits per heavy atom. The van der Waals surface area contributed by atoms with Crippen LogP contribution in [0.1, 0.15) is 42.6 Å². The van der Waals surface area contributed by atoms with Crippen molar-refractivity contribution in [2.75, 3.05) is 6.54 Å². The number of rotatable bonds is 6. The van der Waals surface area contributed by atoms with Crippen LogP contribution in [-0.4, -0.2) is 32.8 Å². The quantitative estimate of drug-likeness (QED) is 0.769. The zero-order chi connectivity index (χ0) is 17.2. The number of hydrogen-bond donors (Lipinski definition) is 2. The third-order valence-corrected chi connectivity index (χ3v) is 4.88. The van der Waals surface area contributed by atoms with Crippen LogP contribution >= 0.6 is 36.2 Å². The molecule has 142 valence electrons. The lowest BCUT2D eigenvalue weighted by Gasteiger charge is -2.31. The second-order valence-electron chi connectivity index (χ2n) is 6.65. The van der Waals surface area contributed by atoms with Gasteiger partial charge in [0.05, 0.1) is 17.4 Å². The normalized spacial score (nSPS) is 12.9. The Kier molecular flexibility index (Phi) is 9.08. The lowest BCUT2D eigenvalue weighted by atomic mass is 9.90. The SMILES string of the molecule is Cc1nc(-c2cnn(C)c2)sc1C(=O)NC(C)(CN)CC(C)C.Cl.Cl. The van der Waals surface area contributed by atoms with E-state index in [-0.39, 0.29) is 30.7 Å². The first kappa shape index (κ1) is 23.9. The zero-order valence-corrected chi connectivity index (χ0v) is 17.6. The molecule has 9 heteroatoms. The van der Waals surface area contributed by atoms with E-state index in [2.05, 4.69) is 29.2 Å². The maximum atomic E-state index is 12.7. The zero-order valence-electron chi connectivity index (χ0n) is 15.2. The summed E-state index contributed by atoms with van der Waals surface area (Å²) in [4.78, 5) is 17.8. The second-order valence-corrected chi connectivity index (χ2v) is 7.65. The van der Waals surface area contributed by atoms with Gasteiger partial charge in [-0.25, -0.2) is 4.98 Å². The highest BCUT2D eigenvalue weighted by molar-refractivity contribution is 7.17. The molecular formula is C16H27Cl2N5OS. The van der Waals surface area contributed by atoms with Gasteiger partial charge in [0.15, 0.2) is 0 Å². The van der Waals surface area contributed by atoms with Crippen LogP contribution in [0.4, 0.5) is 0 Å². The lowest BCUT2D eigenvalue weighted by Crippen LogP contribution is -2.52. The molecule has 0 radical (unpaired) electrons. The van der Waals surface area contributed by atoms with Gasteiger partial charge in [-0.2, -0.15) is 5.10 Å². The van der Waals surface area contributed by atoms with Crippen LogP contribution in [0.5, 0.6) is 0 Å². The minimum Gasteiger partial charge on any atom is -0.345 e. The lowest BCUT2D eigenvalue weighted by molar-refractivity contribution is 0.0901. The van der Waals surface area contributed by atoms with E-state index in [0.29, 0.717) is 17.3 Å². The molecule has 2 aromatic rings. The topological polar surface area (TPSA) is 85.8 Å². The van der Waals surface area contributed by atoms with E-state index in [1.165, 1.54) is 11.3 Å². The van der Waals surface area contributed by atoms with Gasteiger partial charge in [0.1, 0.15) is 9.88 Å². The van der Waals surface area contributed by atoms with Crippen LogP contribution in [0.25, 0.3) is 10.6 Å². The molecule has 0 aliphatic heterocycles. The Hall–Kier alpha value is -1.15. The maximum Gasteiger partial charge on any atom is 0.263 e. The van der Waals surface area contributed by atoms with Gasteiger partial charge in [0.25, 0.3) is 5.91 Å². The van der Waals surface area contributed by atoms with Crippen molar-refractivity contribution in [3.63, 3.8) is 0 Å². The standard InChI is InChI=1S/C16H25N5OS.2ClH/c1-10(2)6-16(4,9-17)20-14(22)13-11(3)19-15(23-13)12-7-18-21(5)8-12;;/h7-8,10H,6,9,17H2,1-5H3,(H,20,22);2*1H.